The third kappa shape index (κ3) is 4.45. The lowest BCUT2D eigenvalue weighted by Gasteiger charge is -2.14. The van der Waals surface area contributed by atoms with Crippen LogP contribution >= 0.6 is 11.8 Å². The predicted molar refractivity (Wildman–Crippen MR) is 96.9 cm³/mol. The smallest absolute Gasteiger partial charge is 0.321 e. The Morgan fingerprint density at radius 3 is 2.84 bits per heavy atom. The van der Waals surface area contributed by atoms with Crippen molar-refractivity contribution in [3.63, 3.8) is 0 Å². The van der Waals surface area contributed by atoms with E-state index in [2.05, 4.69) is 20.6 Å². The van der Waals surface area contributed by atoms with Crippen LogP contribution in [0.1, 0.15) is 32.6 Å². The lowest BCUT2D eigenvalue weighted by atomic mass is 10.2. The number of aromatic amines is 1. The fraction of sp³-hybridized carbons (Fsp3) is 0.471. The highest BCUT2D eigenvalue weighted by Crippen LogP contribution is 2.25. The summed E-state index contributed by atoms with van der Waals surface area (Å²) in [6.45, 7) is 1.75. The maximum absolute atomic E-state index is 12.2. The van der Waals surface area contributed by atoms with E-state index in [1.807, 2.05) is 18.2 Å². The van der Waals surface area contributed by atoms with Crippen molar-refractivity contribution in [1.29, 1.82) is 0 Å². The van der Waals surface area contributed by atoms with Crippen molar-refractivity contribution in [2.24, 2.45) is 0 Å². The number of nitrogens with zero attached hydrogens (tertiary/aromatic N) is 1. The van der Waals surface area contributed by atoms with Gasteiger partial charge in [0.05, 0.1) is 23.4 Å². The molecule has 25 heavy (non-hydrogen) atoms. The number of methoxy groups -OCH3 is 1. The number of fused-ring (bicyclic) bond motifs is 1. The van der Waals surface area contributed by atoms with Crippen molar-refractivity contribution in [3.8, 4) is 5.75 Å². The maximum Gasteiger partial charge on any atom is 0.321 e. The molecule has 0 saturated heterocycles. The third-order valence-corrected chi connectivity index (χ3v) is 5.24. The number of imidazole rings is 1. The van der Waals surface area contributed by atoms with Crippen LogP contribution in [0, 0.1) is 0 Å². The van der Waals surface area contributed by atoms with Crippen LogP contribution in [-0.2, 0) is 4.79 Å². The molecule has 1 aromatic carbocycles. The number of hydrogen-bond acceptors (Lipinski definition) is 5. The molecule has 1 aliphatic carbocycles. The number of amides is 3. The van der Waals surface area contributed by atoms with Gasteiger partial charge in [0.2, 0.25) is 5.91 Å². The van der Waals surface area contributed by atoms with Crippen molar-refractivity contribution in [3.05, 3.63) is 18.2 Å². The largest absolute Gasteiger partial charge is 0.497 e. The molecule has 3 amide bonds. The standard InChI is InChI=1S/C17H22N4O3S/c1-10(15(22)21-16(23)18-11-5-3-4-6-11)25-17-19-13-8-7-12(24-2)9-14(13)20-17/h7-11H,3-6H2,1-2H3,(H,19,20)(H2,18,21,22,23). The lowest BCUT2D eigenvalue weighted by Crippen LogP contribution is -2.45. The molecule has 7 nitrogen and oxygen atoms in total. The molecule has 1 fully saturated rings. The number of carbonyl (C=O) groups is 2. The minimum atomic E-state index is -0.447. The van der Waals surface area contributed by atoms with Gasteiger partial charge in [-0.05, 0) is 31.9 Å². The number of thioether (sulfide) groups is 1. The minimum absolute atomic E-state index is 0.182. The Morgan fingerprint density at radius 2 is 2.12 bits per heavy atom. The average Bonchev–Trinajstić information content (AvgIpc) is 3.22. The van der Waals surface area contributed by atoms with Crippen LogP contribution < -0.4 is 15.4 Å². The van der Waals surface area contributed by atoms with E-state index in [-0.39, 0.29) is 11.9 Å². The summed E-state index contributed by atoms with van der Waals surface area (Å²) in [5, 5.41) is 5.43. The van der Waals surface area contributed by atoms with Crippen molar-refractivity contribution in [2.75, 3.05) is 7.11 Å². The summed E-state index contributed by atoms with van der Waals surface area (Å²) in [6.07, 6.45) is 4.21. The summed E-state index contributed by atoms with van der Waals surface area (Å²) >= 11 is 1.28. The molecule has 1 unspecified atom stereocenters. The quantitative estimate of drug-likeness (QED) is 0.711. The Balaban J connectivity index is 1.56. The fourth-order valence-electron chi connectivity index (χ4n) is 2.87. The van der Waals surface area contributed by atoms with Gasteiger partial charge in [-0.3, -0.25) is 10.1 Å². The van der Waals surface area contributed by atoms with Gasteiger partial charge < -0.3 is 15.0 Å². The zero-order valence-corrected chi connectivity index (χ0v) is 15.1. The number of carbonyl (C=O) groups excluding carboxylic acids is 2. The van der Waals surface area contributed by atoms with Crippen LogP contribution in [0.5, 0.6) is 5.75 Å². The summed E-state index contributed by atoms with van der Waals surface area (Å²) in [6, 6.07) is 5.31. The molecule has 1 aliphatic rings. The number of ether oxygens (including phenoxy) is 1. The molecule has 8 heteroatoms. The van der Waals surface area contributed by atoms with E-state index in [1.54, 1.807) is 14.0 Å². The normalized spacial score (nSPS) is 15.9. The zero-order valence-electron chi connectivity index (χ0n) is 14.3. The number of nitrogens with one attached hydrogen (secondary N) is 3. The third-order valence-electron chi connectivity index (χ3n) is 4.25. The predicted octanol–water partition coefficient (Wildman–Crippen LogP) is 2.82. The van der Waals surface area contributed by atoms with E-state index in [9.17, 15) is 9.59 Å². The molecule has 1 heterocycles. The Hall–Kier alpha value is -2.22. The second kappa shape index (κ2) is 7.77. The van der Waals surface area contributed by atoms with Crippen molar-refractivity contribution >= 4 is 34.7 Å². The number of benzene rings is 1. The summed E-state index contributed by atoms with van der Waals surface area (Å²) in [5.41, 5.74) is 1.64. The van der Waals surface area contributed by atoms with Gasteiger partial charge >= 0.3 is 6.03 Å². The van der Waals surface area contributed by atoms with Crippen LogP contribution in [0.3, 0.4) is 0 Å². The summed E-state index contributed by atoms with van der Waals surface area (Å²) in [4.78, 5) is 31.7. The van der Waals surface area contributed by atoms with E-state index in [4.69, 9.17) is 4.74 Å². The average molecular weight is 362 g/mol. The van der Waals surface area contributed by atoms with Gasteiger partial charge in [0.15, 0.2) is 5.16 Å². The van der Waals surface area contributed by atoms with Gasteiger partial charge in [-0.15, -0.1) is 0 Å². The summed E-state index contributed by atoms with van der Waals surface area (Å²) in [7, 11) is 1.61. The maximum atomic E-state index is 12.2. The number of imide groups is 1. The van der Waals surface area contributed by atoms with Gasteiger partial charge in [-0.1, -0.05) is 24.6 Å². The van der Waals surface area contributed by atoms with Crippen LogP contribution in [-0.4, -0.2) is 40.3 Å². The monoisotopic (exact) mass is 362 g/mol. The van der Waals surface area contributed by atoms with Gasteiger partial charge in [-0.2, -0.15) is 0 Å². The summed E-state index contributed by atoms with van der Waals surface area (Å²) < 4.78 is 5.19. The molecule has 0 bridgehead atoms. The Morgan fingerprint density at radius 1 is 1.36 bits per heavy atom. The molecule has 1 saturated carbocycles. The SMILES string of the molecule is COc1ccc2nc(SC(C)C(=O)NC(=O)NC3CCCC3)[nH]c2c1. The van der Waals surface area contributed by atoms with Crippen LogP contribution in [0.2, 0.25) is 0 Å². The molecule has 0 radical (unpaired) electrons. The second-order valence-corrected chi connectivity index (χ2v) is 7.46. The van der Waals surface area contributed by atoms with E-state index in [1.165, 1.54) is 11.8 Å². The van der Waals surface area contributed by atoms with Crippen molar-refractivity contribution in [1.82, 2.24) is 20.6 Å². The first kappa shape index (κ1) is 17.6. The molecular weight excluding hydrogens is 340 g/mol. The number of rotatable bonds is 5. The van der Waals surface area contributed by atoms with E-state index in [0.717, 1.165) is 42.5 Å². The molecular formula is C17H22N4O3S. The van der Waals surface area contributed by atoms with Gasteiger partial charge in [-0.25, -0.2) is 9.78 Å². The Kier molecular flexibility index (Phi) is 5.47. The van der Waals surface area contributed by atoms with Crippen molar-refractivity contribution in [2.45, 2.75) is 49.1 Å². The molecule has 0 spiro atoms. The highest BCUT2D eigenvalue weighted by Gasteiger charge is 2.21. The van der Waals surface area contributed by atoms with Gasteiger partial charge in [0, 0.05) is 12.1 Å². The van der Waals surface area contributed by atoms with Gasteiger partial charge in [0.1, 0.15) is 5.75 Å². The van der Waals surface area contributed by atoms with Crippen LogP contribution in [0.15, 0.2) is 23.4 Å². The molecule has 2 aromatic rings. The molecule has 134 valence electrons. The number of H-pyrrole nitrogens is 1. The number of urea groups is 1. The lowest BCUT2D eigenvalue weighted by molar-refractivity contribution is -0.119. The zero-order chi connectivity index (χ0) is 17.8. The first-order valence-electron chi connectivity index (χ1n) is 8.37. The molecule has 0 aliphatic heterocycles. The number of hydrogen-bond donors (Lipinski definition) is 3. The topological polar surface area (TPSA) is 96.1 Å². The first-order valence-corrected chi connectivity index (χ1v) is 9.25. The molecule has 3 N–H and O–H groups in total. The first-order chi connectivity index (χ1) is 12.0. The summed E-state index contributed by atoms with van der Waals surface area (Å²) in [5.74, 6) is 0.403. The number of aromatic nitrogens is 2. The van der Waals surface area contributed by atoms with Crippen molar-refractivity contribution < 1.29 is 14.3 Å². The molecule has 3 rings (SSSR count). The Labute approximate surface area is 150 Å². The second-order valence-electron chi connectivity index (χ2n) is 6.13. The molecule has 1 aromatic heterocycles. The Bertz CT molecular complexity index is 770. The fourth-order valence-corrected chi connectivity index (χ4v) is 3.70. The minimum Gasteiger partial charge on any atom is -0.497 e. The highest BCUT2D eigenvalue weighted by molar-refractivity contribution is 8.00. The van der Waals surface area contributed by atoms with E-state index < -0.39 is 11.3 Å². The van der Waals surface area contributed by atoms with E-state index >= 15 is 0 Å². The highest BCUT2D eigenvalue weighted by atomic mass is 32.2. The van der Waals surface area contributed by atoms with Gasteiger partial charge in [0.25, 0.3) is 0 Å². The van der Waals surface area contributed by atoms with Crippen LogP contribution in [0.4, 0.5) is 4.79 Å². The van der Waals surface area contributed by atoms with E-state index in [0.29, 0.717) is 5.16 Å². The van der Waals surface area contributed by atoms with Crippen LogP contribution in [0.25, 0.3) is 11.0 Å². The molecule has 1 atom stereocenters.